The molecule has 34 heavy (non-hydrogen) atoms. The summed E-state index contributed by atoms with van der Waals surface area (Å²) in [6.45, 7) is -2.93. The van der Waals surface area contributed by atoms with Crippen molar-refractivity contribution in [3.05, 3.63) is 71.5 Å². The largest absolute Gasteiger partial charge is 0.415 e. The molecule has 0 spiro atoms. The second-order valence-corrected chi connectivity index (χ2v) is 7.94. The van der Waals surface area contributed by atoms with Gasteiger partial charge in [-0.15, -0.1) is 0 Å². The number of pyridine rings is 3. The minimum atomic E-state index is -2.93. The fraction of sp³-hybridized carbons (Fsp3) is 0.261. The zero-order valence-corrected chi connectivity index (χ0v) is 17.9. The van der Waals surface area contributed by atoms with Crippen molar-refractivity contribution in [2.75, 3.05) is 10.6 Å². The molecular weight excluding hydrogens is 444 g/mol. The molecule has 2 atom stereocenters. The van der Waals surface area contributed by atoms with Crippen LogP contribution in [0.25, 0.3) is 16.7 Å². The second-order valence-electron chi connectivity index (χ2n) is 7.94. The molecule has 4 aromatic heterocycles. The summed E-state index contributed by atoms with van der Waals surface area (Å²) < 4.78 is 30.2. The molecular formula is C23H21F2N7O2. The number of halogens is 2. The summed E-state index contributed by atoms with van der Waals surface area (Å²) in [4.78, 5) is 29.2. The van der Waals surface area contributed by atoms with E-state index in [0.717, 1.165) is 24.6 Å². The number of hydrogen-bond acceptors (Lipinski definition) is 8. The van der Waals surface area contributed by atoms with Crippen molar-refractivity contribution >= 4 is 22.7 Å². The standard InChI is InChI=1S/C23H21F2N7O2/c24-23(25)34-20-13-28-19(12-29-20)31-16-5-4-15(10-16)30-18-7-6-17(11-27-18)32-21(33)8-3-14-2-1-9-26-22(14)32/h1-3,6-9,11-13,15-16,23H,4-5,10H2,(H,27,30)(H,28,31)/t15-,16-/m0/s1. The van der Waals surface area contributed by atoms with Crippen LogP contribution in [-0.4, -0.2) is 43.2 Å². The Bertz CT molecular complexity index is 1330. The maximum Gasteiger partial charge on any atom is 0.388 e. The van der Waals surface area contributed by atoms with Gasteiger partial charge >= 0.3 is 6.61 Å². The molecule has 0 aromatic carbocycles. The van der Waals surface area contributed by atoms with E-state index in [9.17, 15) is 13.6 Å². The van der Waals surface area contributed by atoms with Gasteiger partial charge in [-0.2, -0.15) is 8.78 Å². The van der Waals surface area contributed by atoms with Gasteiger partial charge in [0.25, 0.3) is 5.56 Å². The molecule has 0 radical (unpaired) electrons. The summed E-state index contributed by atoms with van der Waals surface area (Å²) in [7, 11) is 0. The third kappa shape index (κ3) is 4.77. The Morgan fingerprint density at radius 3 is 2.41 bits per heavy atom. The van der Waals surface area contributed by atoms with Crippen molar-refractivity contribution in [1.82, 2.24) is 24.5 Å². The van der Waals surface area contributed by atoms with Crippen LogP contribution in [0, 0.1) is 0 Å². The van der Waals surface area contributed by atoms with Crippen LogP contribution in [0.2, 0.25) is 0 Å². The smallest absolute Gasteiger partial charge is 0.388 e. The molecule has 0 amide bonds. The van der Waals surface area contributed by atoms with Crippen LogP contribution in [-0.2, 0) is 0 Å². The zero-order chi connectivity index (χ0) is 23.5. The minimum Gasteiger partial charge on any atom is -0.415 e. The molecule has 5 rings (SSSR count). The summed E-state index contributed by atoms with van der Waals surface area (Å²) in [5, 5.41) is 7.56. The summed E-state index contributed by atoms with van der Waals surface area (Å²) >= 11 is 0. The highest BCUT2D eigenvalue weighted by molar-refractivity contribution is 5.76. The zero-order valence-electron chi connectivity index (χ0n) is 17.9. The van der Waals surface area contributed by atoms with E-state index >= 15 is 0 Å². The van der Waals surface area contributed by atoms with Gasteiger partial charge in [0.2, 0.25) is 5.88 Å². The molecule has 0 aliphatic heterocycles. The Balaban J connectivity index is 1.21. The van der Waals surface area contributed by atoms with E-state index in [1.807, 2.05) is 24.3 Å². The number of aromatic nitrogens is 5. The van der Waals surface area contributed by atoms with Crippen LogP contribution in [0.5, 0.6) is 5.88 Å². The number of fused-ring (bicyclic) bond motifs is 1. The number of rotatable bonds is 7. The lowest BCUT2D eigenvalue weighted by atomic mass is 10.2. The van der Waals surface area contributed by atoms with E-state index < -0.39 is 6.61 Å². The first-order chi connectivity index (χ1) is 16.5. The number of nitrogens with one attached hydrogen (secondary N) is 2. The van der Waals surface area contributed by atoms with Crippen LogP contribution in [0.3, 0.4) is 0 Å². The van der Waals surface area contributed by atoms with E-state index in [1.54, 1.807) is 23.0 Å². The molecule has 0 saturated heterocycles. The predicted octanol–water partition coefficient (Wildman–Crippen LogP) is 3.62. The van der Waals surface area contributed by atoms with Crippen LogP contribution in [0.4, 0.5) is 20.4 Å². The van der Waals surface area contributed by atoms with Crippen LogP contribution in [0.1, 0.15) is 19.3 Å². The highest BCUT2D eigenvalue weighted by atomic mass is 19.3. The van der Waals surface area contributed by atoms with Crippen LogP contribution in [0.15, 0.2) is 66.0 Å². The van der Waals surface area contributed by atoms with Crippen molar-refractivity contribution in [2.24, 2.45) is 0 Å². The third-order valence-electron chi connectivity index (χ3n) is 5.64. The van der Waals surface area contributed by atoms with E-state index in [2.05, 4.69) is 35.3 Å². The van der Waals surface area contributed by atoms with Gasteiger partial charge in [-0.1, -0.05) is 0 Å². The molecule has 1 aliphatic rings. The first-order valence-electron chi connectivity index (χ1n) is 10.8. The molecule has 9 nitrogen and oxygen atoms in total. The molecule has 0 unspecified atom stereocenters. The number of anilines is 2. The highest BCUT2D eigenvalue weighted by Gasteiger charge is 2.25. The Morgan fingerprint density at radius 1 is 0.912 bits per heavy atom. The lowest BCUT2D eigenvalue weighted by molar-refractivity contribution is -0.0530. The summed E-state index contributed by atoms with van der Waals surface area (Å²) in [5.41, 5.74) is 1.05. The van der Waals surface area contributed by atoms with E-state index in [-0.39, 0.29) is 23.5 Å². The molecule has 11 heteroatoms. The predicted molar refractivity (Wildman–Crippen MR) is 122 cm³/mol. The van der Waals surface area contributed by atoms with Gasteiger partial charge in [0, 0.05) is 29.7 Å². The van der Waals surface area contributed by atoms with Gasteiger partial charge in [0.05, 0.1) is 24.3 Å². The maximum absolute atomic E-state index is 12.5. The maximum atomic E-state index is 12.5. The van der Waals surface area contributed by atoms with Gasteiger partial charge in [-0.3, -0.25) is 9.36 Å². The molecule has 174 valence electrons. The Kier molecular flexibility index (Phi) is 5.98. The second kappa shape index (κ2) is 9.38. The summed E-state index contributed by atoms with van der Waals surface area (Å²) in [6, 6.07) is 11.1. The molecule has 1 saturated carbocycles. The van der Waals surface area contributed by atoms with Crippen LogP contribution >= 0.6 is 0 Å². The Labute approximate surface area is 192 Å². The quantitative estimate of drug-likeness (QED) is 0.426. The summed E-state index contributed by atoms with van der Waals surface area (Å²) in [6.07, 6.45) is 8.51. The highest BCUT2D eigenvalue weighted by Crippen LogP contribution is 2.25. The van der Waals surface area contributed by atoms with Crippen molar-refractivity contribution in [2.45, 2.75) is 38.0 Å². The van der Waals surface area contributed by atoms with Crippen molar-refractivity contribution in [3.8, 4) is 11.6 Å². The fourth-order valence-corrected chi connectivity index (χ4v) is 4.12. The lowest BCUT2D eigenvalue weighted by Gasteiger charge is -2.16. The van der Waals surface area contributed by atoms with Gasteiger partial charge in [0.1, 0.15) is 17.3 Å². The first kappa shape index (κ1) is 21.7. The molecule has 4 aromatic rings. The van der Waals surface area contributed by atoms with Crippen molar-refractivity contribution in [1.29, 1.82) is 0 Å². The Hall–Kier alpha value is -4.15. The average Bonchev–Trinajstić information content (AvgIpc) is 3.27. The first-order valence-corrected chi connectivity index (χ1v) is 10.8. The lowest BCUT2D eigenvalue weighted by Crippen LogP contribution is -2.22. The minimum absolute atomic E-state index is 0.160. The van der Waals surface area contributed by atoms with Gasteiger partial charge in [-0.25, -0.2) is 19.9 Å². The fourth-order valence-electron chi connectivity index (χ4n) is 4.12. The van der Waals surface area contributed by atoms with Gasteiger partial charge in [-0.05, 0) is 49.6 Å². The third-order valence-corrected chi connectivity index (χ3v) is 5.64. The number of alkyl halides is 2. The van der Waals surface area contributed by atoms with Crippen molar-refractivity contribution in [3.63, 3.8) is 0 Å². The normalized spacial score (nSPS) is 17.7. The number of nitrogens with zero attached hydrogens (tertiary/aromatic N) is 5. The van der Waals surface area contributed by atoms with E-state index in [0.29, 0.717) is 23.0 Å². The molecule has 1 fully saturated rings. The monoisotopic (exact) mass is 465 g/mol. The molecule has 0 bridgehead atoms. The van der Waals surface area contributed by atoms with Crippen LogP contribution < -0.4 is 20.9 Å². The topological polar surface area (TPSA) is 107 Å². The molecule has 4 heterocycles. The number of ether oxygens (including phenoxy) is 1. The van der Waals surface area contributed by atoms with Gasteiger partial charge in [0.15, 0.2) is 0 Å². The van der Waals surface area contributed by atoms with E-state index in [4.69, 9.17) is 0 Å². The molecule has 1 aliphatic carbocycles. The van der Waals surface area contributed by atoms with Crippen molar-refractivity contribution < 1.29 is 13.5 Å². The molecule has 2 N–H and O–H groups in total. The van der Waals surface area contributed by atoms with E-state index in [1.165, 1.54) is 18.5 Å². The number of hydrogen-bond donors (Lipinski definition) is 2. The Morgan fingerprint density at radius 2 is 1.71 bits per heavy atom. The van der Waals surface area contributed by atoms with Gasteiger partial charge < -0.3 is 15.4 Å². The summed E-state index contributed by atoms with van der Waals surface area (Å²) in [5.74, 6) is 0.996. The SMILES string of the molecule is O=c1ccc2cccnc2n1-c1ccc(N[C@H]2CC[C@H](Nc3cnc(OC(F)F)cn3)C2)nc1. The average molecular weight is 465 g/mol.